The van der Waals surface area contributed by atoms with Crippen LogP contribution in [0.2, 0.25) is 0 Å². The number of aromatic hydroxyl groups is 2. The minimum atomic E-state index is -0.281. The smallest absolute Gasteiger partial charge is 0.230 e. The van der Waals surface area contributed by atoms with Crippen LogP contribution in [-0.4, -0.2) is 30.6 Å². The van der Waals surface area contributed by atoms with E-state index in [1.165, 1.54) is 197 Å². The van der Waals surface area contributed by atoms with Crippen LogP contribution in [0.5, 0.6) is 46.0 Å². The molecule has 0 aromatic heterocycles. The summed E-state index contributed by atoms with van der Waals surface area (Å²) in [6, 6.07) is 17.5. The Balaban J connectivity index is 1.26. The van der Waals surface area contributed by atoms with Gasteiger partial charge in [-0.15, -0.1) is 0 Å². The van der Waals surface area contributed by atoms with Crippen molar-refractivity contribution in [3.8, 4) is 46.0 Å². The lowest BCUT2D eigenvalue weighted by atomic mass is 9.76. The molecule has 4 aromatic carbocycles. The van der Waals surface area contributed by atoms with Crippen LogP contribution in [0.3, 0.4) is 0 Å². The monoisotopic (exact) mass is 1140 g/mol. The maximum atomic E-state index is 12.6. The van der Waals surface area contributed by atoms with Crippen molar-refractivity contribution in [2.75, 3.05) is 20.4 Å². The van der Waals surface area contributed by atoms with E-state index in [-0.39, 0.29) is 55.5 Å². The highest BCUT2D eigenvalue weighted by Gasteiger charge is 2.36. The normalized spacial score (nSPS) is 17.4. The molecule has 0 fully saturated rings. The fraction of sp³-hybridized carbons (Fsp3) is 0.680. The molecule has 0 saturated heterocycles. The Labute approximate surface area is 503 Å². The number of hydrogen-bond donors (Lipinski definition) is 2. The first-order valence-electron chi connectivity index (χ1n) is 34.8. The summed E-state index contributed by atoms with van der Waals surface area (Å²) < 4.78 is 40.2. The van der Waals surface area contributed by atoms with Crippen LogP contribution in [-0.2, 0) is 0 Å². The van der Waals surface area contributed by atoms with Crippen molar-refractivity contribution in [2.24, 2.45) is 0 Å². The molecule has 0 spiro atoms. The number of fused-ring (bicyclic) bond motifs is 2. The van der Waals surface area contributed by atoms with Gasteiger partial charge >= 0.3 is 0 Å². The Hall–Kier alpha value is -4.72. The highest BCUT2D eigenvalue weighted by molar-refractivity contribution is 5.63. The van der Waals surface area contributed by atoms with E-state index < -0.39 is 0 Å². The first kappa shape index (κ1) is 64.3. The summed E-state index contributed by atoms with van der Waals surface area (Å²) in [5.74, 6) is 4.45. The number of phenolic OH excluding ortho intramolecular Hbond substituents is 2. The molecule has 8 rings (SSSR count). The van der Waals surface area contributed by atoms with Crippen molar-refractivity contribution in [3.05, 3.63) is 93.0 Å². The molecule has 3 heterocycles. The maximum absolute atomic E-state index is 12.6. The zero-order valence-electron chi connectivity index (χ0n) is 52.7. The van der Waals surface area contributed by atoms with E-state index in [2.05, 4.69) is 64.1 Å². The van der Waals surface area contributed by atoms with Gasteiger partial charge in [0, 0.05) is 92.4 Å². The van der Waals surface area contributed by atoms with Crippen LogP contribution in [0.1, 0.15) is 353 Å². The van der Waals surface area contributed by atoms with Crippen molar-refractivity contribution < 1.29 is 38.6 Å². The Kier molecular flexibility index (Phi) is 27.6. The number of phenols is 2. The van der Waals surface area contributed by atoms with Gasteiger partial charge < -0.3 is 38.6 Å². The summed E-state index contributed by atoms with van der Waals surface area (Å²) in [5, 5.41) is 25.2. The number of benzene rings is 4. The molecule has 460 valence electrons. The number of hydrogen-bond acceptors (Lipinski definition) is 8. The van der Waals surface area contributed by atoms with Crippen LogP contribution < -0.4 is 28.4 Å². The van der Waals surface area contributed by atoms with E-state index in [1.54, 1.807) is 0 Å². The van der Waals surface area contributed by atoms with Gasteiger partial charge in [0.15, 0.2) is 0 Å². The minimum Gasteiger partial charge on any atom is -0.508 e. The van der Waals surface area contributed by atoms with Crippen molar-refractivity contribution in [1.29, 1.82) is 0 Å². The third-order valence-corrected chi connectivity index (χ3v) is 19.3. The molecule has 0 amide bonds. The molecular weight excluding hydrogens is 1030 g/mol. The summed E-state index contributed by atoms with van der Waals surface area (Å²) in [7, 11) is 0. The highest BCUT2D eigenvalue weighted by atomic mass is 16.7. The van der Waals surface area contributed by atoms with Gasteiger partial charge in [0.2, 0.25) is 20.4 Å². The second-order valence-electron chi connectivity index (χ2n) is 25.7. The highest BCUT2D eigenvalue weighted by Crippen LogP contribution is 2.55. The molecule has 4 aromatic rings. The Morgan fingerprint density at radius 3 is 0.651 bits per heavy atom. The predicted molar refractivity (Wildman–Crippen MR) is 342 cm³/mol. The fourth-order valence-electron chi connectivity index (χ4n) is 14.4. The molecule has 8 nitrogen and oxygen atoms in total. The number of unbranched alkanes of at least 4 members (excludes halogenated alkanes) is 32. The first-order chi connectivity index (χ1) is 40.9. The van der Waals surface area contributed by atoms with Gasteiger partial charge in [-0.2, -0.15) is 0 Å². The molecule has 2 N–H and O–H groups in total. The van der Waals surface area contributed by atoms with Gasteiger partial charge in [0.05, 0.1) is 0 Å². The molecule has 8 heteroatoms. The molecule has 3 aliphatic heterocycles. The van der Waals surface area contributed by atoms with Gasteiger partial charge in [-0.25, -0.2) is 0 Å². The summed E-state index contributed by atoms with van der Waals surface area (Å²) >= 11 is 0. The van der Waals surface area contributed by atoms with Gasteiger partial charge in [-0.05, 0) is 49.9 Å². The predicted octanol–water partition coefficient (Wildman–Crippen LogP) is 22.8. The third kappa shape index (κ3) is 18.6. The molecule has 83 heavy (non-hydrogen) atoms. The molecular formula is C75H112O8. The van der Waals surface area contributed by atoms with E-state index in [0.29, 0.717) is 11.5 Å². The van der Waals surface area contributed by atoms with Crippen LogP contribution >= 0.6 is 0 Å². The van der Waals surface area contributed by atoms with Crippen LogP contribution in [0.25, 0.3) is 0 Å². The Morgan fingerprint density at radius 1 is 0.241 bits per heavy atom. The fourth-order valence-corrected chi connectivity index (χ4v) is 14.4. The van der Waals surface area contributed by atoms with E-state index in [4.69, 9.17) is 28.4 Å². The molecule has 0 radical (unpaired) electrons. The van der Waals surface area contributed by atoms with E-state index in [1.807, 2.05) is 12.1 Å². The first-order valence-corrected chi connectivity index (χ1v) is 34.8. The maximum Gasteiger partial charge on any atom is 0.230 e. The largest absolute Gasteiger partial charge is 0.508 e. The lowest BCUT2D eigenvalue weighted by Gasteiger charge is -2.34. The zero-order chi connectivity index (χ0) is 57.9. The molecule has 1 aliphatic carbocycles. The second kappa shape index (κ2) is 35.7. The van der Waals surface area contributed by atoms with Gasteiger partial charge in [0.25, 0.3) is 0 Å². The van der Waals surface area contributed by atoms with Crippen LogP contribution in [0, 0.1) is 0 Å². The van der Waals surface area contributed by atoms with Gasteiger partial charge in [0.1, 0.15) is 46.0 Å². The standard InChI is InChI=1S/C75H112O8/c1-5-9-13-17-21-25-29-33-37-41-56-60-45-62-57(42-38-34-30-26-22-18-14-10-6-2)64-47-66-59(44-40-36-32-28-24-20-16-12-8-4)67-48-65-58(43-39-35-31-27-23-19-15-11-7-3)63-46-61(56)69(77)50-71(63)79-54-81-73(65)52-75(67)83-55-82-74(66)51-72(64)80-53-78-70(62)49-68(60)76/h45-52,56-59,76-77H,5-44,53-55H2,1-4H3. The SMILES string of the molecule is CCCCCCCCCCCC1c2cc3c(cc2O)OCOc2cc4c(cc2C3CCCCCCCCCCC)C(CCCCCCCCCCC)c2cc3c(cc2OCO4)OCOc2cc(O)c1cc2C3CCCCCCCCCCC. The van der Waals surface area contributed by atoms with E-state index in [0.717, 1.165) is 127 Å². The molecule has 2 atom stereocenters. The minimum absolute atomic E-state index is 0.00347. The lowest BCUT2D eigenvalue weighted by molar-refractivity contribution is 0.103. The topological polar surface area (TPSA) is 95.8 Å². The van der Waals surface area contributed by atoms with Crippen molar-refractivity contribution in [2.45, 2.75) is 308 Å². The van der Waals surface area contributed by atoms with E-state index >= 15 is 0 Å². The van der Waals surface area contributed by atoms with E-state index in [9.17, 15) is 10.2 Å². The summed E-state index contributed by atoms with van der Waals surface area (Å²) in [6.07, 6.45) is 48.4. The Bertz CT molecular complexity index is 2370. The van der Waals surface area contributed by atoms with Crippen molar-refractivity contribution in [3.63, 3.8) is 0 Å². The second-order valence-corrected chi connectivity index (χ2v) is 25.7. The van der Waals surface area contributed by atoms with Crippen molar-refractivity contribution >= 4 is 0 Å². The number of ether oxygens (including phenoxy) is 6. The van der Waals surface area contributed by atoms with Crippen LogP contribution in [0.15, 0.2) is 48.5 Å². The lowest BCUT2D eigenvalue weighted by Crippen LogP contribution is -2.21. The van der Waals surface area contributed by atoms with Crippen LogP contribution in [0.4, 0.5) is 0 Å². The summed E-state index contributed by atoms with van der Waals surface area (Å²) in [5.41, 5.74) is 8.54. The van der Waals surface area contributed by atoms with Gasteiger partial charge in [-0.1, -0.05) is 259 Å². The van der Waals surface area contributed by atoms with Crippen molar-refractivity contribution in [1.82, 2.24) is 0 Å². The Morgan fingerprint density at radius 2 is 0.422 bits per heavy atom. The molecule has 4 aliphatic rings. The quantitative estimate of drug-likeness (QED) is 0.0425. The zero-order valence-corrected chi connectivity index (χ0v) is 52.7. The average Bonchev–Trinajstić information content (AvgIpc) is 2.70. The average molecular weight is 1140 g/mol. The summed E-state index contributed by atoms with van der Waals surface area (Å²) in [6.45, 7) is 9.23. The number of rotatable bonds is 40. The summed E-state index contributed by atoms with van der Waals surface area (Å²) in [4.78, 5) is 0. The molecule has 2 unspecified atom stereocenters. The molecule has 8 bridgehead atoms. The molecule has 0 saturated carbocycles. The third-order valence-electron chi connectivity index (χ3n) is 19.3. The van der Waals surface area contributed by atoms with Gasteiger partial charge in [-0.3, -0.25) is 0 Å².